The zero-order chi connectivity index (χ0) is 40.7. The maximum Gasteiger partial charge on any atom is 0.164 e. The summed E-state index contributed by atoms with van der Waals surface area (Å²) in [5, 5.41) is 12.1. The number of hydrogen-bond donors (Lipinski definition) is 0. The summed E-state index contributed by atoms with van der Waals surface area (Å²) < 4.78 is 9.00. The largest absolute Gasteiger partial charge is 0.456 e. The Balaban J connectivity index is 0.962. The lowest BCUT2D eigenvalue weighted by atomic mass is 9.91. The van der Waals surface area contributed by atoms with Gasteiger partial charge in [-0.15, -0.1) is 11.3 Å². The van der Waals surface area contributed by atoms with E-state index in [4.69, 9.17) is 19.4 Å². The van der Waals surface area contributed by atoms with Crippen molar-refractivity contribution in [3.05, 3.63) is 200 Å². The number of hydrogen-bond acceptors (Lipinski definition) is 5. The first kappa shape index (κ1) is 34.8. The molecule has 0 unspecified atom stereocenters. The van der Waals surface area contributed by atoms with Gasteiger partial charge in [-0.3, -0.25) is 0 Å². The van der Waals surface area contributed by atoms with Gasteiger partial charge in [-0.1, -0.05) is 158 Å². The highest BCUT2D eigenvalue weighted by atomic mass is 32.1. The third-order valence-corrected chi connectivity index (χ3v) is 13.5. The Kier molecular flexibility index (Phi) is 7.74. The van der Waals surface area contributed by atoms with Crippen molar-refractivity contribution in [1.82, 2.24) is 15.0 Å². The number of nitrogens with zero attached hydrogens (tertiary/aromatic N) is 3. The minimum Gasteiger partial charge on any atom is -0.456 e. The van der Waals surface area contributed by atoms with E-state index in [0.717, 1.165) is 55.3 Å². The molecule has 3 heterocycles. The number of benzene rings is 10. The number of thiophene rings is 1. The summed E-state index contributed by atoms with van der Waals surface area (Å²) in [6.45, 7) is 0. The first-order valence-corrected chi connectivity index (χ1v) is 21.7. The predicted molar refractivity (Wildman–Crippen MR) is 260 cm³/mol. The van der Waals surface area contributed by atoms with Crippen LogP contribution < -0.4 is 0 Å². The van der Waals surface area contributed by atoms with E-state index >= 15 is 0 Å². The van der Waals surface area contributed by atoms with Gasteiger partial charge in [-0.25, -0.2) is 15.0 Å². The van der Waals surface area contributed by atoms with E-state index in [9.17, 15) is 0 Å². The van der Waals surface area contributed by atoms with Gasteiger partial charge < -0.3 is 4.42 Å². The van der Waals surface area contributed by atoms with Crippen LogP contribution >= 0.6 is 11.3 Å². The Bertz CT molecular complexity index is 3910. The van der Waals surface area contributed by atoms with Gasteiger partial charge in [0.15, 0.2) is 17.5 Å². The van der Waals surface area contributed by atoms with Crippen molar-refractivity contribution < 1.29 is 4.42 Å². The molecule has 0 aliphatic heterocycles. The smallest absolute Gasteiger partial charge is 0.164 e. The van der Waals surface area contributed by atoms with Crippen LogP contribution in [-0.2, 0) is 0 Å². The lowest BCUT2D eigenvalue weighted by Gasteiger charge is -2.12. The molecule has 13 aromatic rings. The Labute approximate surface area is 360 Å². The lowest BCUT2D eigenvalue weighted by Crippen LogP contribution is -2.00. The first-order chi connectivity index (χ1) is 30.7. The topological polar surface area (TPSA) is 51.8 Å². The van der Waals surface area contributed by atoms with Crippen molar-refractivity contribution in [3.63, 3.8) is 0 Å². The molecule has 0 aliphatic carbocycles. The summed E-state index contributed by atoms with van der Waals surface area (Å²) >= 11 is 1.79. The van der Waals surface area contributed by atoms with Crippen molar-refractivity contribution in [1.29, 1.82) is 0 Å². The SMILES string of the molecule is c1ccc(-c2nc(-c3cccc(-c4cccc5oc6ccc(-c7ccc8c9ccccc9c9ccccc9c8c7)cc6c45)c3)nc(-c3cccc4sc5ccccc5c34)n2)cc1. The summed E-state index contributed by atoms with van der Waals surface area (Å²) in [5.74, 6) is 1.91. The summed E-state index contributed by atoms with van der Waals surface area (Å²) in [5.41, 5.74) is 9.00. The Morgan fingerprint density at radius 3 is 1.63 bits per heavy atom. The molecule has 0 saturated heterocycles. The van der Waals surface area contributed by atoms with Crippen molar-refractivity contribution in [3.8, 4) is 56.4 Å². The van der Waals surface area contributed by atoms with Gasteiger partial charge in [-0.05, 0) is 97.0 Å². The molecular formula is C57H33N3OS. The summed E-state index contributed by atoms with van der Waals surface area (Å²) in [4.78, 5) is 15.5. The number of furan rings is 1. The van der Waals surface area contributed by atoms with Crippen molar-refractivity contribution >= 4 is 85.8 Å². The molecule has 0 fully saturated rings. The van der Waals surface area contributed by atoms with Crippen molar-refractivity contribution in [2.45, 2.75) is 0 Å². The summed E-state index contributed by atoms with van der Waals surface area (Å²) in [6, 6.07) is 71.0. The third kappa shape index (κ3) is 5.49. The molecule has 4 nitrogen and oxygen atoms in total. The van der Waals surface area contributed by atoms with Crippen LogP contribution in [0.2, 0.25) is 0 Å². The second-order valence-electron chi connectivity index (χ2n) is 15.9. The molecule has 0 bridgehead atoms. The van der Waals surface area contributed by atoms with Crippen molar-refractivity contribution in [2.24, 2.45) is 0 Å². The van der Waals surface area contributed by atoms with E-state index in [1.165, 1.54) is 58.1 Å². The number of fused-ring (bicyclic) bond motifs is 12. The van der Waals surface area contributed by atoms with Crippen LogP contribution in [0, 0.1) is 0 Å². The molecule has 3 aromatic heterocycles. The van der Waals surface area contributed by atoms with E-state index in [1.54, 1.807) is 11.3 Å². The highest BCUT2D eigenvalue weighted by Crippen LogP contribution is 2.43. The van der Waals surface area contributed by atoms with Crippen LogP contribution in [0.3, 0.4) is 0 Å². The van der Waals surface area contributed by atoms with Gasteiger partial charge in [0.2, 0.25) is 0 Å². The molecule has 10 aromatic carbocycles. The highest BCUT2D eigenvalue weighted by molar-refractivity contribution is 7.25. The van der Waals surface area contributed by atoms with Gasteiger partial charge in [0.05, 0.1) is 0 Å². The predicted octanol–water partition coefficient (Wildman–Crippen LogP) is 15.9. The maximum atomic E-state index is 6.55. The Morgan fingerprint density at radius 1 is 0.290 bits per heavy atom. The average molecular weight is 808 g/mol. The zero-order valence-corrected chi connectivity index (χ0v) is 34.0. The number of aromatic nitrogens is 3. The first-order valence-electron chi connectivity index (χ1n) is 20.8. The van der Waals surface area contributed by atoms with E-state index in [-0.39, 0.29) is 0 Å². The normalized spacial score (nSPS) is 11.9. The minimum atomic E-state index is 0.621. The summed E-state index contributed by atoms with van der Waals surface area (Å²) in [6.07, 6.45) is 0. The van der Waals surface area contributed by atoms with Gasteiger partial charge in [0, 0.05) is 47.6 Å². The molecule has 5 heteroatoms. The molecule has 62 heavy (non-hydrogen) atoms. The number of rotatable bonds is 5. The van der Waals surface area contributed by atoms with E-state index in [1.807, 2.05) is 18.2 Å². The third-order valence-electron chi connectivity index (χ3n) is 12.3. The molecule has 0 saturated carbocycles. The highest BCUT2D eigenvalue weighted by Gasteiger charge is 2.19. The van der Waals surface area contributed by atoms with Crippen LogP contribution in [0.15, 0.2) is 205 Å². The van der Waals surface area contributed by atoms with Crippen LogP contribution in [0.5, 0.6) is 0 Å². The van der Waals surface area contributed by atoms with Gasteiger partial charge in [0.25, 0.3) is 0 Å². The van der Waals surface area contributed by atoms with E-state index in [0.29, 0.717) is 17.5 Å². The Morgan fingerprint density at radius 2 is 0.839 bits per heavy atom. The molecule has 0 spiro atoms. The molecule has 0 N–H and O–H groups in total. The fraction of sp³-hybridized carbons (Fsp3) is 0. The molecule has 13 rings (SSSR count). The second kappa shape index (κ2) is 13.8. The van der Waals surface area contributed by atoms with Gasteiger partial charge in [0.1, 0.15) is 11.2 Å². The maximum absolute atomic E-state index is 6.55. The molecule has 0 atom stereocenters. The van der Waals surface area contributed by atoms with Crippen LogP contribution in [0.25, 0.3) is 131 Å². The molecule has 0 aliphatic rings. The van der Waals surface area contributed by atoms with E-state index in [2.05, 4.69) is 182 Å². The molecular weight excluding hydrogens is 775 g/mol. The average Bonchev–Trinajstić information content (AvgIpc) is 3.92. The summed E-state index contributed by atoms with van der Waals surface area (Å²) in [7, 11) is 0. The fourth-order valence-electron chi connectivity index (χ4n) is 9.46. The minimum absolute atomic E-state index is 0.621. The molecule has 0 amide bonds. The van der Waals surface area contributed by atoms with Gasteiger partial charge in [-0.2, -0.15) is 0 Å². The fourth-order valence-corrected chi connectivity index (χ4v) is 10.6. The standard InChI is InChI=1S/C57H33N3OS/c1-2-13-34(14-3-1)55-58-56(60-57(59-55)46-23-12-26-52-54(46)45-21-8-9-25-51(45)62-52)38-16-10-15-37(31-38)39-22-11-24-50-53(39)48-33-36(28-30-49(48)61-50)35-27-29-44-42-19-5-4-17-40(42)41-18-6-7-20-43(41)47(44)32-35/h1-33H. The zero-order valence-electron chi connectivity index (χ0n) is 33.2. The Hall–Kier alpha value is -7.99. The van der Waals surface area contributed by atoms with Crippen molar-refractivity contribution in [2.75, 3.05) is 0 Å². The quantitative estimate of drug-likeness (QED) is 0.163. The van der Waals surface area contributed by atoms with Gasteiger partial charge >= 0.3 is 0 Å². The second-order valence-corrected chi connectivity index (χ2v) is 17.0. The van der Waals surface area contributed by atoms with Crippen LogP contribution in [-0.4, -0.2) is 15.0 Å². The molecule has 0 radical (unpaired) electrons. The lowest BCUT2D eigenvalue weighted by molar-refractivity contribution is 0.669. The van der Waals surface area contributed by atoms with E-state index < -0.39 is 0 Å². The van der Waals surface area contributed by atoms with Crippen LogP contribution in [0.1, 0.15) is 0 Å². The monoisotopic (exact) mass is 807 g/mol. The molecule has 288 valence electrons. The van der Waals surface area contributed by atoms with Crippen LogP contribution in [0.4, 0.5) is 0 Å².